The second kappa shape index (κ2) is 6.24. The topological polar surface area (TPSA) is 41.1 Å². The summed E-state index contributed by atoms with van der Waals surface area (Å²) in [5.74, 6) is 1.59. The van der Waals surface area contributed by atoms with Crippen molar-refractivity contribution in [2.24, 2.45) is 11.8 Å². The van der Waals surface area contributed by atoms with Crippen LogP contribution >= 0.6 is 0 Å². The van der Waals surface area contributed by atoms with Gasteiger partial charge in [0.15, 0.2) is 0 Å². The van der Waals surface area contributed by atoms with E-state index in [1.165, 1.54) is 38.5 Å². The molecular weight excluding hydrogens is 200 g/mol. The maximum absolute atomic E-state index is 11.7. The van der Waals surface area contributed by atoms with Crippen LogP contribution in [0.1, 0.15) is 44.9 Å². The molecule has 2 aliphatic rings. The van der Waals surface area contributed by atoms with Crippen molar-refractivity contribution in [1.82, 2.24) is 10.6 Å². The Balaban J connectivity index is 1.59. The molecule has 1 saturated carbocycles. The summed E-state index contributed by atoms with van der Waals surface area (Å²) in [7, 11) is 0. The Morgan fingerprint density at radius 2 is 1.88 bits per heavy atom. The van der Waals surface area contributed by atoms with E-state index in [4.69, 9.17) is 0 Å². The third-order valence-electron chi connectivity index (χ3n) is 3.94. The first kappa shape index (κ1) is 11.9. The summed E-state index contributed by atoms with van der Waals surface area (Å²) in [5.41, 5.74) is 0. The molecule has 1 aliphatic carbocycles. The summed E-state index contributed by atoms with van der Waals surface area (Å²) in [6.45, 7) is 3.07. The van der Waals surface area contributed by atoms with Gasteiger partial charge in [0.1, 0.15) is 0 Å². The van der Waals surface area contributed by atoms with Crippen molar-refractivity contribution in [2.45, 2.75) is 44.9 Å². The summed E-state index contributed by atoms with van der Waals surface area (Å²) in [6, 6.07) is 0. The van der Waals surface area contributed by atoms with E-state index in [9.17, 15) is 4.79 Å². The second-order valence-electron chi connectivity index (χ2n) is 5.37. The predicted octanol–water partition coefficient (Wildman–Crippen LogP) is 1.68. The van der Waals surface area contributed by atoms with Crippen LogP contribution < -0.4 is 10.6 Å². The van der Waals surface area contributed by atoms with Crippen LogP contribution in [0.2, 0.25) is 0 Å². The number of amides is 1. The van der Waals surface area contributed by atoms with Crippen molar-refractivity contribution in [2.75, 3.05) is 19.6 Å². The zero-order chi connectivity index (χ0) is 11.2. The van der Waals surface area contributed by atoms with Gasteiger partial charge in [-0.25, -0.2) is 0 Å². The summed E-state index contributed by atoms with van der Waals surface area (Å²) < 4.78 is 0. The largest absolute Gasteiger partial charge is 0.356 e. The third kappa shape index (κ3) is 3.78. The first-order valence-electron chi connectivity index (χ1n) is 6.82. The number of hydrogen-bond donors (Lipinski definition) is 2. The maximum Gasteiger partial charge on any atom is 0.220 e. The number of nitrogens with one attached hydrogen (secondary N) is 2. The van der Waals surface area contributed by atoms with E-state index in [-0.39, 0.29) is 5.91 Å². The van der Waals surface area contributed by atoms with Crippen LogP contribution in [0.4, 0.5) is 0 Å². The quantitative estimate of drug-likeness (QED) is 0.763. The first-order chi connectivity index (χ1) is 7.84. The lowest BCUT2D eigenvalue weighted by Gasteiger charge is -2.22. The van der Waals surface area contributed by atoms with Gasteiger partial charge in [0.05, 0.1) is 0 Å². The molecule has 2 N–H and O–H groups in total. The van der Waals surface area contributed by atoms with E-state index >= 15 is 0 Å². The highest BCUT2D eigenvalue weighted by molar-refractivity contribution is 5.76. The van der Waals surface area contributed by atoms with E-state index < -0.39 is 0 Å². The van der Waals surface area contributed by atoms with Crippen LogP contribution in [-0.4, -0.2) is 25.5 Å². The Labute approximate surface area is 98.4 Å². The Morgan fingerprint density at radius 1 is 1.12 bits per heavy atom. The van der Waals surface area contributed by atoms with Gasteiger partial charge in [0.25, 0.3) is 0 Å². The van der Waals surface area contributed by atoms with Crippen molar-refractivity contribution < 1.29 is 4.79 Å². The van der Waals surface area contributed by atoms with Crippen molar-refractivity contribution in [3.8, 4) is 0 Å². The molecule has 1 saturated heterocycles. The fraction of sp³-hybridized carbons (Fsp3) is 0.923. The first-order valence-corrected chi connectivity index (χ1v) is 6.82. The molecule has 1 atom stereocenters. The second-order valence-corrected chi connectivity index (χ2v) is 5.37. The molecule has 1 aliphatic heterocycles. The minimum absolute atomic E-state index is 0.264. The minimum Gasteiger partial charge on any atom is -0.356 e. The highest BCUT2D eigenvalue weighted by Gasteiger charge is 2.19. The molecule has 0 spiro atoms. The van der Waals surface area contributed by atoms with Crippen molar-refractivity contribution in [3.63, 3.8) is 0 Å². The number of rotatable bonds is 4. The van der Waals surface area contributed by atoms with Gasteiger partial charge in [-0.15, -0.1) is 0 Å². The minimum atomic E-state index is 0.264. The number of carbonyl (C=O) groups excluding carboxylic acids is 1. The Morgan fingerprint density at radius 3 is 2.56 bits per heavy atom. The zero-order valence-electron chi connectivity index (χ0n) is 10.1. The molecule has 2 fully saturated rings. The molecule has 0 aromatic heterocycles. The molecule has 3 nitrogen and oxygen atoms in total. The van der Waals surface area contributed by atoms with Crippen molar-refractivity contribution in [3.05, 3.63) is 0 Å². The fourth-order valence-corrected chi connectivity index (χ4v) is 2.91. The lowest BCUT2D eigenvalue weighted by molar-refractivity contribution is -0.122. The lowest BCUT2D eigenvalue weighted by atomic mass is 9.96. The van der Waals surface area contributed by atoms with Gasteiger partial charge in [-0.05, 0) is 50.6 Å². The van der Waals surface area contributed by atoms with Crippen LogP contribution in [0, 0.1) is 11.8 Å². The van der Waals surface area contributed by atoms with Gasteiger partial charge >= 0.3 is 0 Å². The average Bonchev–Trinajstić information content (AvgIpc) is 2.81. The Kier molecular flexibility index (Phi) is 4.64. The van der Waals surface area contributed by atoms with Crippen LogP contribution in [-0.2, 0) is 4.79 Å². The van der Waals surface area contributed by atoms with Gasteiger partial charge < -0.3 is 10.6 Å². The molecule has 3 heteroatoms. The van der Waals surface area contributed by atoms with Crippen molar-refractivity contribution >= 4 is 5.91 Å². The highest BCUT2D eigenvalue weighted by atomic mass is 16.1. The van der Waals surface area contributed by atoms with E-state index in [1.54, 1.807) is 0 Å². The van der Waals surface area contributed by atoms with E-state index in [2.05, 4.69) is 10.6 Å². The molecule has 0 aromatic carbocycles. The standard InChI is InChI=1S/C13H24N2O/c16-13(8-12-6-3-7-14-9-12)15-10-11-4-1-2-5-11/h11-12,14H,1-10H2,(H,15,16). The third-order valence-corrected chi connectivity index (χ3v) is 3.94. The van der Waals surface area contributed by atoms with E-state index in [0.717, 1.165) is 32.0 Å². The molecule has 0 bridgehead atoms. The Bertz CT molecular complexity index is 218. The molecule has 16 heavy (non-hydrogen) atoms. The maximum atomic E-state index is 11.7. The van der Waals surface area contributed by atoms with Crippen LogP contribution in [0.25, 0.3) is 0 Å². The normalized spacial score (nSPS) is 26.9. The van der Waals surface area contributed by atoms with E-state index in [1.807, 2.05) is 0 Å². The van der Waals surface area contributed by atoms with Gasteiger partial charge in [-0.2, -0.15) is 0 Å². The van der Waals surface area contributed by atoms with Crippen molar-refractivity contribution in [1.29, 1.82) is 0 Å². The van der Waals surface area contributed by atoms with Gasteiger partial charge in [0, 0.05) is 13.0 Å². The van der Waals surface area contributed by atoms with Gasteiger partial charge in [-0.1, -0.05) is 12.8 Å². The van der Waals surface area contributed by atoms with Crippen LogP contribution in [0.5, 0.6) is 0 Å². The number of hydrogen-bond acceptors (Lipinski definition) is 2. The summed E-state index contributed by atoms with van der Waals surface area (Å²) in [6.07, 6.45) is 8.49. The molecular formula is C13H24N2O. The smallest absolute Gasteiger partial charge is 0.220 e. The SMILES string of the molecule is O=C(CC1CCCNC1)NCC1CCCC1. The highest BCUT2D eigenvalue weighted by Crippen LogP contribution is 2.23. The molecule has 2 rings (SSSR count). The van der Waals surface area contributed by atoms with Crippen LogP contribution in [0.3, 0.4) is 0 Å². The molecule has 0 aromatic rings. The number of carbonyl (C=O) groups is 1. The molecule has 0 radical (unpaired) electrons. The molecule has 1 unspecified atom stereocenters. The van der Waals surface area contributed by atoms with Gasteiger partial charge in [0.2, 0.25) is 5.91 Å². The molecule has 92 valence electrons. The average molecular weight is 224 g/mol. The lowest BCUT2D eigenvalue weighted by Crippen LogP contribution is -2.35. The zero-order valence-corrected chi connectivity index (χ0v) is 10.1. The monoisotopic (exact) mass is 224 g/mol. The number of piperidine rings is 1. The fourth-order valence-electron chi connectivity index (χ4n) is 2.91. The Hall–Kier alpha value is -0.570. The summed E-state index contributed by atoms with van der Waals surface area (Å²) in [4.78, 5) is 11.7. The van der Waals surface area contributed by atoms with Gasteiger partial charge in [-0.3, -0.25) is 4.79 Å². The van der Waals surface area contributed by atoms with Crippen LogP contribution in [0.15, 0.2) is 0 Å². The predicted molar refractivity (Wildman–Crippen MR) is 65.2 cm³/mol. The van der Waals surface area contributed by atoms with E-state index in [0.29, 0.717) is 5.92 Å². The summed E-state index contributed by atoms with van der Waals surface area (Å²) in [5, 5.41) is 6.46. The summed E-state index contributed by atoms with van der Waals surface area (Å²) >= 11 is 0. The molecule has 1 amide bonds. The molecule has 1 heterocycles.